The molecule has 0 rings (SSSR count). The molecule has 1 unspecified atom stereocenters. The van der Waals surface area contributed by atoms with E-state index < -0.39 is 0 Å². The zero-order valence-electron chi connectivity index (χ0n) is 10.1. The van der Waals surface area contributed by atoms with E-state index in [1.807, 2.05) is 6.92 Å². The van der Waals surface area contributed by atoms with Gasteiger partial charge in [-0.05, 0) is 6.92 Å². The van der Waals surface area contributed by atoms with Crippen LogP contribution >= 0.6 is 12.2 Å². The van der Waals surface area contributed by atoms with Crippen molar-refractivity contribution in [1.29, 1.82) is 0 Å². The quantitative estimate of drug-likeness (QED) is 0.490. The van der Waals surface area contributed by atoms with Gasteiger partial charge in [-0.25, -0.2) is 0 Å². The first-order chi connectivity index (χ1) is 7.49. The lowest BCUT2D eigenvalue weighted by Gasteiger charge is -2.24. The van der Waals surface area contributed by atoms with Crippen LogP contribution in [0.15, 0.2) is 0 Å². The number of thiocarbonyl (C=S) groups is 1. The minimum atomic E-state index is -0.0835. The van der Waals surface area contributed by atoms with E-state index in [4.69, 9.17) is 27.4 Å². The molecule has 16 heavy (non-hydrogen) atoms. The van der Waals surface area contributed by atoms with Crippen LogP contribution in [0.1, 0.15) is 13.3 Å². The molecule has 0 saturated carbocycles. The van der Waals surface area contributed by atoms with Crippen molar-refractivity contribution >= 4 is 23.1 Å². The molecule has 94 valence electrons. The molecule has 2 N–H and O–H groups in total. The summed E-state index contributed by atoms with van der Waals surface area (Å²) >= 11 is 4.79. The van der Waals surface area contributed by atoms with E-state index >= 15 is 0 Å². The molecular weight excluding hydrogens is 228 g/mol. The molecule has 0 aliphatic carbocycles. The van der Waals surface area contributed by atoms with Gasteiger partial charge in [0.1, 0.15) is 6.61 Å². The predicted octanol–water partition coefficient (Wildman–Crippen LogP) is 0.173. The number of hydrogen-bond donors (Lipinski definition) is 1. The summed E-state index contributed by atoms with van der Waals surface area (Å²) in [6.07, 6.45) is 0.523. The zero-order chi connectivity index (χ0) is 12.6. The second-order valence-corrected chi connectivity index (χ2v) is 4.09. The third-order valence-corrected chi connectivity index (χ3v) is 2.38. The summed E-state index contributed by atoms with van der Waals surface area (Å²) in [4.78, 5) is 13.6. The van der Waals surface area contributed by atoms with Gasteiger partial charge in [-0.1, -0.05) is 12.2 Å². The monoisotopic (exact) mass is 248 g/mol. The van der Waals surface area contributed by atoms with E-state index in [1.165, 1.54) is 0 Å². The van der Waals surface area contributed by atoms with E-state index in [9.17, 15) is 4.79 Å². The Kier molecular flexibility index (Phi) is 8.05. The van der Waals surface area contributed by atoms with Crippen molar-refractivity contribution in [3.8, 4) is 0 Å². The summed E-state index contributed by atoms with van der Waals surface area (Å²) in [6.45, 7) is 2.85. The van der Waals surface area contributed by atoms with Gasteiger partial charge in [0.25, 0.3) is 0 Å². The van der Waals surface area contributed by atoms with E-state index in [-0.39, 0.29) is 18.6 Å². The van der Waals surface area contributed by atoms with Gasteiger partial charge in [0, 0.05) is 26.6 Å². The van der Waals surface area contributed by atoms with Crippen molar-refractivity contribution < 1.29 is 14.3 Å². The Balaban J connectivity index is 3.84. The van der Waals surface area contributed by atoms with Crippen LogP contribution in [0.25, 0.3) is 0 Å². The summed E-state index contributed by atoms with van der Waals surface area (Å²) in [5.74, 6) is -0.0835. The molecule has 6 heteroatoms. The first-order valence-electron chi connectivity index (χ1n) is 5.09. The molecule has 0 spiro atoms. The molecule has 0 aromatic heterocycles. The van der Waals surface area contributed by atoms with Gasteiger partial charge in [-0.15, -0.1) is 0 Å². The predicted molar refractivity (Wildman–Crippen MR) is 66.3 cm³/mol. The lowest BCUT2D eigenvalue weighted by Crippen LogP contribution is -2.39. The number of amides is 1. The summed E-state index contributed by atoms with van der Waals surface area (Å²) in [5, 5.41) is 0. The lowest BCUT2D eigenvalue weighted by molar-refractivity contribution is -0.136. The number of hydrogen-bond acceptors (Lipinski definition) is 4. The maximum Gasteiger partial charge on any atom is 0.248 e. The number of nitrogens with two attached hydrogens (primary N) is 1. The van der Waals surface area contributed by atoms with Gasteiger partial charge >= 0.3 is 0 Å². The third kappa shape index (κ3) is 6.71. The Morgan fingerprint density at radius 3 is 2.62 bits per heavy atom. The molecule has 5 nitrogen and oxygen atoms in total. The molecule has 0 bridgehead atoms. The fourth-order valence-corrected chi connectivity index (χ4v) is 1.32. The highest BCUT2D eigenvalue weighted by atomic mass is 32.1. The molecule has 0 fully saturated rings. The molecule has 1 amide bonds. The Morgan fingerprint density at radius 1 is 1.50 bits per heavy atom. The lowest BCUT2D eigenvalue weighted by atomic mass is 10.2. The van der Waals surface area contributed by atoms with Gasteiger partial charge in [0.2, 0.25) is 5.91 Å². The first-order valence-corrected chi connectivity index (χ1v) is 5.50. The van der Waals surface area contributed by atoms with Crippen LogP contribution in [-0.4, -0.2) is 55.8 Å². The summed E-state index contributed by atoms with van der Waals surface area (Å²) < 4.78 is 9.93. The minimum Gasteiger partial charge on any atom is -0.393 e. The molecule has 0 aliphatic rings. The standard InChI is InChI=1S/C10H20N2O3S/c1-8(6-9(11)16)12(2)10(13)7-15-5-4-14-3/h8H,4-7H2,1-3H3,(H2,11,16). The second-order valence-electron chi connectivity index (χ2n) is 3.57. The summed E-state index contributed by atoms with van der Waals surface area (Å²) in [5.41, 5.74) is 5.42. The van der Waals surface area contributed by atoms with E-state index in [1.54, 1.807) is 19.1 Å². The first kappa shape index (κ1) is 15.3. The van der Waals surface area contributed by atoms with E-state index in [0.717, 1.165) is 0 Å². The molecule has 0 saturated heterocycles. The highest BCUT2D eigenvalue weighted by Crippen LogP contribution is 2.01. The number of carbonyl (C=O) groups excluding carboxylic acids is 1. The maximum atomic E-state index is 11.6. The Morgan fingerprint density at radius 2 is 2.12 bits per heavy atom. The summed E-state index contributed by atoms with van der Waals surface area (Å²) in [7, 11) is 3.30. The minimum absolute atomic E-state index is 0.00368. The molecule has 1 atom stereocenters. The molecule has 0 radical (unpaired) electrons. The van der Waals surface area contributed by atoms with Crippen molar-refractivity contribution in [3.05, 3.63) is 0 Å². The zero-order valence-corrected chi connectivity index (χ0v) is 10.9. The van der Waals surface area contributed by atoms with Crippen LogP contribution in [-0.2, 0) is 14.3 Å². The van der Waals surface area contributed by atoms with E-state index in [2.05, 4.69) is 0 Å². The van der Waals surface area contributed by atoms with Gasteiger partial charge in [0.05, 0.1) is 18.2 Å². The van der Waals surface area contributed by atoms with Crippen molar-refractivity contribution in [1.82, 2.24) is 4.90 Å². The van der Waals surface area contributed by atoms with Crippen LogP contribution in [0.2, 0.25) is 0 Å². The van der Waals surface area contributed by atoms with Gasteiger partial charge in [-0.2, -0.15) is 0 Å². The highest BCUT2D eigenvalue weighted by molar-refractivity contribution is 7.80. The summed E-state index contributed by atoms with van der Waals surface area (Å²) in [6, 6.07) is -0.00368. The van der Waals surface area contributed by atoms with Crippen LogP contribution in [0, 0.1) is 0 Å². The fraction of sp³-hybridized carbons (Fsp3) is 0.800. The Bertz CT molecular complexity index is 236. The van der Waals surface area contributed by atoms with Gasteiger partial charge in [-0.3, -0.25) is 4.79 Å². The highest BCUT2D eigenvalue weighted by Gasteiger charge is 2.16. The smallest absolute Gasteiger partial charge is 0.248 e. The maximum absolute atomic E-state index is 11.6. The number of nitrogens with zero attached hydrogens (tertiary/aromatic N) is 1. The number of methoxy groups -OCH3 is 1. The van der Waals surface area contributed by atoms with Crippen LogP contribution in [0.5, 0.6) is 0 Å². The number of ether oxygens (including phenoxy) is 2. The normalized spacial score (nSPS) is 12.2. The average Bonchev–Trinajstić information content (AvgIpc) is 2.22. The van der Waals surface area contributed by atoms with E-state index in [0.29, 0.717) is 24.6 Å². The molecule has 0 aromatic rings. The average molecular weight is 248 g/mol. The van der Waals surface area contributed by atoms with Crippen LogP contribution in [0.4, 0.5) is 0 Å². The van der Waals surface area contributed by atoms with Crippen molar-refractivity contribution in [2.75, 3.05) is 34.0 Å². The number of carbonyl (C=O) groups is 1. The third-order valence-electron chi connectivity index (χ3n) is 2.21. The Labute approximate surface area is 102 Å². The second kappa shape index (κ2) is 8.43. The SMILES string of the molecule is COCCOCC(=O)N(C)C(C)CC(N)=S. The molecule has 0 aromatic carbocycles. The fourth-order valence-electron chi connectivity index (χ4n) is 1.08. The van der Waals surface area contributed by atoms with Crippen molar-refractivity contribution in [2.45, 2.75) is 19.4 Å². The largest absolute Gasteiger partial charge is 0.393 e. The molecule has 0 aliphatic heterocycles. The topological polar surface area (TPSA) is 64.8 Å². The number of rotatable bonds is 8. The van der Waals surface area contributed by atoms with Gasteiger partial charge < -0.3 is 20.1 Å². The Hall–Kier alpha value is -0.720. The number of likely N-dealkylation sites (N-methyl/N-ethyl adjacent to an activating group) is 1. The molecular formula is C10H20N2O3S. The van der Waals surface area contributed by atoms with Gasteiger partial charge in [0.15, 0.2) is 0 Å². The van der Waals surface area contributed by atoms with Crippen LogP contribution in [0.3, 0.4) is 0 Å². The molecule has 0 heterocycles. The van der Waals surface area contributed by atoms with Crippen LogP contribution < -0.4 is 5.73 Å². The van der Waals surface area contributed by atoms with Crippen molar-refractivity contribution in [2.24, 2.45) is 5.73 Å². The van der Waals surface area contributed by atoms with Crippen molar-refractivity contribution in [3.63, 3.8) is 0 Å².